The molecule has 2 aromatic rings. The number of carbonyl (C=O) groups excluding carboxylic acids is 1. The summed E-state index contributed by atoms with van der Waals surface area (Å²) in [5, 5.41) is 2.58. The zero-order valence-electron chi connectivity index (χ0n) is 10.5. The highest BCUT2D eigenvalue weighted by Crippen LogP contribution is 2.30. The van der Waals surface area contributed by atoms with E-state index in [9.17, 15) is 18.0 Å². The molecule has 21 heavy (non-hydrogen) atoms. The summed E-state index contributed by atoms with van der Waals surface area (Å²) in [6.07, 6.45) is -4.47. The summed E-state index contributed by atoms with van der Waals surface area (Å²) >= 11 is 5.79. The lowest BCUT2D eigenvalue weighted by atomic mass is 10.1. The number of nitrogen functional groups attached to an aromatic ring is 1. The molecule has 0 atom stereocenters. The molecule has 0 aliphatic carbocycles. The largest absolute Gasteiger partial charge is 0.416 e. The van der Waals surface area contributed by atoms with Gasteiger partial charge in [-0.25, -0.2) is 0 Å². The van der Waals surface area contributed by atoms with E-state index in [-0.39, 0.29) is 16.3 Å². The van der Waals surface area contributed by atoms with Gasteiger partial charge in [-0.3, -0.25) is 4.79 Å². The predicted octanol–water partition coefficient (Wildman–Crippen LogP) is 4.19. The fraction of sp³-hybridized carbons (Fsp3) is 0.0714. The van der Waals surface area contributed by atoms with E-state index in [0.29, 0.717) is 5.69 Å². The van der Waals surface area contributed by atoms with Crippen LogP contribution in [-0.2, 0) is 6.18 Å². The molecule has 0 saturated carbocycles. The topological polar surface area (TPSA) is 55.1 Å². The monoisotopic (exact) mass is 314 g/mol. The van der Waals surface area contributed by atoms with Gasteiger partial charge in [0.05, 0.1) is 16.3 Å². The number of carbonyl (C=O) groups is 1. The number of amides is 1. The van der Waals surface area contributed by atoms with E-state index < -0.39 is 17.6 Å². The van der Waals surface area contributed by atoms with E-state index in [0.717, 1.165) is 12.1 Å². The Kier molecular flexibility index (Phi) is 4.09. The smallest absolute Gasteiger partial charge is 0.398 e. The van der Waals surface area contributed by atoms with E-state index in [1.807, 2.05) is 0 Å². The molecule has 0 aliphatic heterocycles. The summed E-state index contributed by atoms with van der Waals surface area (Å²) in [4.78, 5) is 11.9. The number of anilines is 2. The molecule has 0 heterocycles. The van der Waals surface area contributed by atoms with Crippen molar-refractivity contribution >= 4 is 28.9 Å². The third kappa shape index (κ3) is 3.66. The maximum Gasteiger partial charge on any atom is 0.416 e. The molecule has 110 valence electrons. The zero-order chi connectivity index (χ0) is 15.6. The molecule has 2 rings (SSSR count). The Bertz CT molecular complexity index is 686. The lowest BCUT2D eigenvalue weighted by molar-refractivity contribution is -0.137. The van der Waals surface area contributed by atoms with Gasteiger partial charge >= 0.3 is 6.18 Å². The number of alkyl halides is 3. The second kappa shape index (κ2) is 5.65. The van der Waals surface area contributed by atoms with Crippen LogP contribution in [0.15, 0.2) is 42.5 Å². The van der Waals surface area contributed by atoms with Gasteiger partial charge in [0.15, 0.2) is 0 Å². The van der Waals surface area contributed by atoms with Crippen molar-refractivity contribution in [2.45, 2.75) is 6.18 Å². The van der Waals surface area contributed by atoms with Gasteiger partial charge in [-0.2, -0.15) is 13.2 Å². The number of rotatable bonds is 2. The van der Waals surface area contributed by atoms with Gasteiger partial charge in [-0.15, -0.1) is 0 Å². The van der Waals surface area contributed by atoms with Crippen molar-refractivity contribution in [2.75, 3.05) is 11.1 Å². The highest BCUT2D eigenvalue weighted by atomic mass is 35.5. The Balaban J connectivity index is 2.21. The first kappa shape index (κ1) is 15.2. The Morgan fingerprint density at radius 2 is 1.86 bits per heavy atom. The summed E-state index contributed by atoms with van der Waals surface area (Å²) < 4.78 is 37.7. The second-order valence-corrected chi connectivity index (χ2v) is 4.68. The van der Waals surface area contributed by atoms with Crippen molar-refractivity contribution in [3.05, 3.63) is 58.6 Å². The van der Waals surface area contributed by atoms with Gasteiger partial charge in [0.1, 0.15) is 0 Å². The summed E-state index contributed by atoms with van der Waals surface area (Å²) in [7, 11) is 0. The van der Waals surface area contributed by atoms with Crippen LogP contribution in [0.1, 0.15) is 15.9 Å². The number of hydrogen-bond acceptors (Lipinski definition) is 2. The molecule has 7 heteroatoms. The average Bonchev–Trinajstić information content (AvgIpc) is 2.41. The van der Waals surface area contributed by atoms with E-state index >= 15 is 0 Å². The molecule has 3 nitrogen and oxygen atoms in total. The quantitative estimate of drug-likeness (QED) is 0.816. The SMILES string of the molecule is Nc1ccc(C(=O)Nc2cccc(C(F)(F)F)c2)cc1Cl. The van der Waals surface area contributed by atoms with E-state index in [1.54, 1.807) is 0 Å². The number of nitrogens with one attached hydrogen (secondary N) is 1. The van der Waals surface area contributed by atoms with Gasteiger partial charge in [0.2, 0.25) is 0 Å². The highest BCUT2D eigenvalue weighted by molar-refractivity contribution is 6.33. The van der Waals surface area contributed by atoms with Crippen LogP contribution >= 0.6 is 11.6 Å². The minimum atomic E-state index is -4.47. The van der Waals surface area contributed by atoms with Crippen LogP contribution in [0.25, 0.3) is 0 Å². The molecule has 0 fully saturated rings. The average molecular weight is 315 g/mol. The standard InChI is InChI=1S/C14H10ClF3N2O/c15-11-6-8(4-5-12(11)19)13(21)20-10-3-1-2-9(7-10)14(16,17)18/h1-7H,19H2,(H,20,21). The van der Waals surface area contributed by atoms with Gasteiger partial charge in [-0.1, -0.05) is 17.7 Å². The lowest BCUT2D eigenvalue weighted by Gasteiger charge is -2.10. The second-order valence-electron chi connectivity index (χ2n) is 4.27. The molecule has 0 saturated heterocycles. The summed E-state index contributed by atoms with van der Waals surface area (Å²) in [6.45, 7) is 0. The Morgan fingerprint density at radius 1 is 1.14 bits per heavy atom. The van der Waals surface area contributed by atoms with Crippen molar-refractivity contribution in [1.82, 2.24) is 0 Å². The molecular weight excluding hydrogens is 305 g/mol. The van der Waals surface area contributed by atoms with Crippen LogP contribution in [0.2, 0.25) is 5.02 Å². The first-order chi connectivity index (χ1) is 9.77. The van der Waals surface area contributed by atoms with Gasteiger partial charge in [-0.05, 0) is 36.4 Å². The first-order valence-electron chi connectivity index (χ1n) is 5.81. The maximum atomic E-state index is 12.6. The van der Waals surface area contributed by atoms with Crippen molar-refractivity contribution in [3.8, 4) is 0 Å². The fourth-order valence-corrected chi connectivity index (χ4v) is 1.83. The van der Waals surface area contributed by atoms with Crippen LogP contribution in [-0.4, -0.2) is 5.91 Å². The molecule has 1 amide bonds. The predicted molar refractivity (Wildman–Crippen MR) is 75.3 cm³/mol. The van der Waals surface area contributed by atoms with Crippen LogP contribution in [0.4, 0.5) is 24.5 Å². The van der Waals surface area contributed by atoms with E-state index in [4.69, 9.17) is 17.3 Å². The van der Waals surface area contributed by atoms with Crippen LogP contribution < -0.4 is 11.1 Å². The van der Waals surface area contributed by atoms with E-state index in [2.05, 4.69) is 5.32 Å². The molecule has 3 N–H and O–H groups in total. The molecule has 0 radical (unpaired) electrons. The summed E-state index contributed by atoms with van der Waals surface area (Å²) in [6, 6.07) is 8.60. The molecular formula is C14H10ClF3N2O. The Morgan fingerprint density at radius 3 is 2.48 bits per heavy atom. The molecule has 0 aromatic heterocycles. The lowest BCUT2D eigenvalue weighted by Crippen LogP contribution is -2.13. The summed E-state index contributed by atoms with van der Waals surface area (Å²) in [5.41, 5.74) is 5.24. The van der Waals surface area contributed by atoms with Gasteiger partial charge in [0.25, 0.3) is 5.91 Å². The number of halogens is 4. The molecule has 0 bridgehead atoms. The van der Waals surface area contributed by atoms with Crippen molar-refractivity contribution in [1.29, 1.82) is 0 Å². The third-order valence-corrected chi connectivity index (χ3v) is 3.04. The van der Waals surface area contributed by atoms with Gasteiger partial charge < -0.3 is 11.1 Å². The minimum absolute atomic E-state index is 0.0442. The number of nitrogens with two attached hydrogens (primary N) is 1. The zero-order valence-corrected chi connectivity index (χ0v) is 11.3. The van der Waals surface area contributed by atoms with Crippen LogP contribution in [0, 0.1) is 0 Å². The van der Waals surface area contributed by atoms with Crippen molar-refractivity contribution in [3.63, 3.8) is 0 Å². The van der Waals surface area contributed by atoms with Gasteiger partial charge in [0, 0.05) is 11.3 Å². The molecule has 0 aliphatic rings. The third-order valence-electron chi connectivity index (χ3n) is 2.71. The first-order valence-corrected chi connectivity index (χ1v) is 6.19. The fourth-order valence-electron chi connectivity index (χ4n) is 1.64. The number of hydrogen-bond donors (Lipinski definition) is 2. The summed E-state index contributed by atoms with van der Waals surface area (Å²) in [5.74, 6) is -0.573. The molecule has 0 spiro atoms. The highest BCUT2D eigenvalue weighted by Gasteiger charge is 2.30. The Hall–Kier alpha value is -2.21. The van der Waals surface area contributed by atoms with Crippen LogP contribution in [0.3, 0.4) is 0 Å². The van der Waals surface area contributed by atoms with Crippen molar-refractivity contribution in [2.24, 2.45) is 0 Å². The minimum Gasteiger partial charge on any atom is -0.398 e. The maximum absolute atomic E-state index is 12.6. The number of benzene rings is 2. The molecule has 0 unspecified atom stereocenters. The molecule has 2 aromatic carbocycles. The van der Waals surface area contributed by atoms with Crippen molar-refractivity contribution < 1.29 is 18.0 Å². The Labute approximate surface area is 123 Å². The van der Waals surface area contributed by atoms with E-state index in [1.165, 1.54) is 30.3 Å². The normalized spacial score (nSPS) is 11.2. The van der Waals surface area contributed by atoms with Crippen LogP contribution in [0.5, 0.6) is 0 Å².